The molecular formula is C71H82Cl4N20O3. The van der Waals surface area contributed by atoms with E-state index >= 15 is 0 Å². The fraction of sp³-hybridized carbons (Fsp3) is 0.197. The lowest BCUT2D eigenvalue weighted by Gasteiger charge is -2.25. The van der Waals surface area contributed by atoms with E-state index in [1.807, 2.05) is 265 Å². The van der Waals surface area contributed by atoms with Crippen LogP contribution in [0.1, 0.15) is 5.82 Å². The van der Waals surface area contributed by atoms with Gasteiger partial charge in [-0.2, -0.15) is 15.0 Å². The number of hydrogen-bond acceptors (Lipinski definition) is 22. The zero-order valence-electron chi connectivity index (χ0n) is 56.4. The van der Waals surface area contributed by atoms with Crippen LogP contribution in [0.3, 0.4) is 0 Å². The maximum atomic E-state index is 6.01. The quantitative estimate of drug-likeness (QED) is 0.0147. The number of nitrogens with two attached hydrogens (primary N) is 3. The van der Waals surface area contributed by atoms with E-state index in [1.165, 1.54) is 21.3 Å². The minimum atomic E-state index is -1.07. The number of nitrogens with zero attached hydrogens (tertiary/aromatic N) is 14. The minimum absolute atomic E-state index is 0.149. The van der Waals surface area contributed by atoms with E-state index in [9.17, 15) is 0 Å². The second-order valence-corrected chi connectivity index (χ2v) is 22.1. The highest BCUT2D eigenvalue weighted by molar-refractivity contribution is 6.35. The van der Waals surface area contributed by atoms with Crippen LogP contribution in [0, 0.1) is 0 Å². The Balaban J connectivity index is 0.000000190. The number of hydrogen-bond donors (Lipinski definition) is 6. The summed E-state index contributed by atoms with van der Waals surface area (Å²) in [6.45, 7) is 0.709. The van der Waals surface area contributed by atoms with Crippen LogP contribution in [0.2, 0.25) is 15.7 Å². The van der Waals surface area contributed by atoms with Crippen LogP contribution in [0.4, 0.5) is 46.2 Å². The molecule has 0 amide bonds. The third kappa shape index (κ3) is 21.5. The molecule has 0 aliphatic heterocycles. The number of nitrogen functional groups attached to an aromatic ring is 1. The van der Waals surface area contributed by atoms with Gasteiger partial charge in [-0.15, -0.1) is 21.8 Å². The number of fused-ring (bicyclic) bond motifs is 6. The highest BCUT2D eigenvalue weighted by atomic mass is 35.5. The molecule has 0 saturated carbocycles. The average molecular weight is 1410 g/mol. The summed E-state index contributed by atoms with van der Waals surface area (Å²) < 4.78 is 16.5. The molecule has 0 bridgehead atoms. The monoisotopic (exact) mass is 1400 g/mol. The molecule has 27 heteroatoms. The zero-order chi connectivity index (χ0) is 71.0. The Morgan fingerprint density at radius 1 is 0.449 bits per heavy atom. The van der Waals surface area contributed by atoms with Gasteiger partial charge >= 0.3 is 0 Å². The molecule has 5 aromatic heterocycles. The summed E-state index contributed by atoms with van der Waals surface area (Å²) in [6, 6.07) is 71.8. The van der Waals surface area contributed by atoms with E-state index in [4.69, 9.17) is 71.4 Å². The van der Waals surface area contributed by atoms with E-state index in [0.717, 1.165) is 89.6 Å². The van der Waals surface area contributed by atoms with Crippen molar-refractivity contribution in [3.05, 3.63) is 240 Å². The Morgan fingerprint density at radius 3 is 1.24 bits per heavy atom. The maximum Gasteiger partial charge on any atom is 0.296 e. The maximum absolute atomic E-state index is 6.01. The van der Waals surface area contributed by atoms with E-state index < -0.39 is 5.97 Å². The number of aromatic nitrogens is 10. The second kappa shape index (κ2) is 40.2. The smallest absolute Gasteiger partial charge is 0.296 e. The molecule has 512 valence electrons. The number of rotatable bonds is 14. The van der Waals surface area contributed by atoms with E-state index in [2.05, 4.69) is 102 Å². The summed E-state index contributed by atoms with van der Waals surface area (Å²) in [5.41, 5.74) is 10.4. The van der Waals surface area contributed by atoms with Crippen molar-refractivity contribution in [2.75, 3.05) is 109 Å². The Bertz CT molecular complexity index is 4460. The highest BCUT2D eigenvalue weighted by Gasteiger charge is 2.27. The Hall–Kier alpha value is -9.57. The largest absolute Gasteiger partial charge is 0.388 e. The summed E-state index contributed by atoms with van der Waals surface area (Å²) in [4.78, 5) is 38.3. The number of halogens is 4. The lowest BCUT2D eigenvalue weighted by atomic mass is 10.2. The first-order chi connectivity index (χ1) is 47.6. The molecule has 0 spiro atoms. The van der Waals surface area contributed by atoms with Gasteiger partial charge in [0, 0.05) is 93.8 Å². The summed E-state index contributed by atoms with van der Waals surface area (Å²) in [5, 5.41) is 19.1. The third-order valence-corrected chi connectivity index (χ3v) is 15.1. The summed E-state index contributed by atoms with van der Waals surface area (Å²) in [7, 11) is 20.1. The number of ether oxygens (including phenoxy) is 3. The van der Waals surface area contributed by atoms with Crippen LogP contribution in [0.25, 0.3) is 49.4 Å². The minimum Gasteiger partial charge on any atom is -0.388 e. The van der Waals surface area contributed by atoms with Gasteiger partial charge in [0.25, 0.3) is 11.8 Å². The number of para-hydroxylation sites is 8. The van der Waals surface area contributed by atoms with Gasteiger partial charge in [-0.1, -0.05) is 133 Å². The van der Waals surface area contributed by atoms with Crippen molar-refractivity contribution < 1.29 is 14.2 Å². The van der Waals surface area contributed by atoms with E-state index in [1.54, 1.807) is 0 Å². The summed E-state index contributed by atoms with van der Waals surface area (Å²) in [6.07, 6.45) is 0. The predicted molar refractivity (Wildman–Crippen MR) is 404 cm³/mol. The topological polar surface area (TPSA) is 275 Å². The van der Waals surface area contributed by atoms with Crippen molar-refractivity contribution in [3.8, 4) is 0 Å². The molecule has 0 saturated heterocycles. The Kier molecular flexibility index (Phi) is 31.8. The van der Waals surface area contributed by atoms with E-state index in [0.29, 0.717) is 23.4 Å². The van der Waals surface area contributed by atoms with Crippen LogP contribution in [0.15, 0.2) is 218 Å². The molecule has 0 unspecified atom stereocenters. The first kappa shape index (κ1) is 77.4. The number of alkyl halides is 1. The molecule has 9 N–H and O–H groups in total. The summed E-state index contributed by atoms with van der Waals surface area (Å²) in [5.74, 6) is 16.9. The molecule has 13 rings (SSSR count). The van der Waals surface area contributed by atoms with Crippen molar-refractivity contribution in [2.24, 2.45) is 17.5 Å². The van der Waals surface area contributed by atoms with Crippen molar-refractivity contribution in [2.45, 2.75) is 12.5 Å². The molecule has 0 aliphatic carbocycles. The van der Waals surface area contributed by atoms with Crippen molar-refractivity contribution in [1.82, 2.24) is 59.7 Å². The SMILES string of the molecule is CN(C)Cc1nnc2nc(N(C)c3ccccc3)c3ccccc3n12.CN(c1ccccc1)c1nc(Cl)nc2ccccc12.CN(c1ccccc1)c1nc(NN)nc2ccccc12.CNC.CNc1ccccc1.COC(CCl)(OC)OC.Clc1nc(Cl)c2ccccc2n1.NN. The Morgan fingerprint density at radius 2 is 0.827 bits per heavy atom. The molecule has 0 aliphatic rings. The molecule has 0 fully saturated rings. The average Bonchev–Trinajstić information content (AvgIpc) is 1.58. The van der Waals surface area contributed by atoms with E-state index in [-0.39, 0.29) is 16.4 Å². The standard InChI is InChI=1S/C19H20N6.C15H12ClN3.C15H15N5.C8H4Cl2N2.C7H9N.C5H11ClO3.C2H7N.H4N2/c1-23(2)13-17-21-22-19-20-18(24(3)14-9-5-4-6-10-14)15-11-7-8-12-16(15)25(17)19;1-19(11-7-3-2-4-8-11)14-12-9-5-6-10-13(12)17-15(16)18-14;1-20(11-7-3-2-4-8-11)14-12-9-5-6-10-13(12)17-15(18-14)19-16;9-7-5-3-1-2-4-6(5)11-8(10)12-7;1-8-7-5-3-2-4-6-7;1-7-5(4-6,8-2)9-3;1-3-2;1-2/h4-12H,13H2,1-3H3;2-10H,1H3;2-10H,16H2,1H3,(H,17,18,19);1-4H;2-6,8H,1H3;4H2,1-3H3;3H,1-2H3;1-2H2. The first-order valence-corrected chi connectivity index (χ1v) is 32.0. The number of hydrazine groups is 2. The predicted octanol–water partition coefficient (Wildman–Crippen LogP) is 14.0. The van der Waals surface area contributed by atoms with Gasteiger partial charge in [0.1, 0.15) is 28.5 Å². The number of benzene rings is 8. The number of methoxy groups -OCH3 is 3. The Labute approximate surface area is 591 Å². The highest BCUT2D eigenvalue weighted by Crippen LogP contribution is 2.33. The summed E-state index contributed by atoms with van der Waals surface area (Å²) >= 11 is 22.9. The van der Waals surface area contributed by atoms with Crippen molar-refractivity contribution >= 4 is 142 Å². The fourth-order valence-electron chi connectivity index (χ4n) is 9.30. The molecule has 13 aromatic rings. The van der Waals surface area contributed by atoms with Gasteiger partial charge in [-0.25, -0.2) is 25.8 Å². The van der Waals surface area contributed by atoms with Gasteiger partial charge < -0.3 is 44.4 Å². The zero-order valence-corrected chi connectivity index (χ0v) is 59.5. The van der Waals surface area contributed by atoms with Gasteiger partial charge in [-0.05, 0) is 148 Å². The van der Waals surface area contributed by atoms with Gasteiger partial charge in [0.15, 0.2) is 5.82 Å². The normalized spacial score (nSPS) is 10.5. The van der Waals surface area contributed by atoms with Crippen LogP contribution in [-0.2, 0) is 20.8 Å². The van der Waals surface area contributed by atoms with Crippen LogP contribution < -0.4 is 48.3 Å². The second-order valence-electron chi connectivity index (χ2n) is 20.8. The van der Waals surface area contributed by atoms with Crippen molar-refractivity contribution in [3.63, 3.8) is 0 Å². The number of anilines is 8. The molecule has 0 radical (unpaired) electrons. The van der Waals surface area contributed by atoms with Crippen molar-refractivity contribution in [1.29, 1.82) is 0 Å². The van der Waals surface area contributed by atoms with Gasteiger partial charge in [0.05, 0.1) is 28.6 Å². The molecule has 5 heterocycles. The van der Waals surface area contributed by atoms with Crippen LogP contribution in [-0.4, -0.2) is 144 Å². The molecule has 8 aromatic carbocycles. The van der Waals surface area contributed by atoms with Gasteiger partial charge in [0.2, 0.25) is 16.5 Å². The molecule has 98 heavy (non-hydrogen) atoms. The third-order valence-electron chi connectivity index (χ3n) is 14.1. The van der Waals surface area contributed by atoms with Crippen LogP contribution in [0.5, 0.6) is 0 Å². The fourth-order valence-corrected chi connectivity index (χ4v) is 10.3. The van der Waals surface area contributed by atoms with Gasteiger partial charge in [-0.3, -0.25) is 21.5 Å². The van der Waals surface area contributed by atoms with Crippen LogP contribution >= 0.6 is 46.4 Å². The molecular weight excluding hydrogens is 1320 g/mol. The number of nitrogens with one attached hydrogen (secondary N) is 3. The first-order valence-electron chi connectivity index (χ1n) is 30.3. The lowest BCUT2D eigenvalue weighted by Crippen LogP contribution is -2.37. The molecule has 23 nitrogen and oxygen atoms in total. The molecule has 0 atom stereocenters. The lowest BCUT2D eigenvalue weighted by molar-refractivity contribution is -0.337.